The molecule has 2 N–H and O–H groups in total. The van der Waals surface area contributed by atoms with Gasteiger partial charge in [0, 0.05) is 13.0 Å². The van der Waals surface area contributed by atoms with Crippen LogP contribution in [0.2, 0.25) is 0 Å². The van der Waals surface area contributed by atoms with Crippen LogP contribution >= 0.6 is 0 Å². The third-order valence-corrected chi connectivity index (χ3v) is 3.55. The topological polar surface area (TPSA) is 56.2 Å². The fourth-order valence-electron chi connectivity index (χ4n) is 2.49. The Morgan fingerprint density at radius 1 is 1.32 bits per heavy atom. The lowest BCUT2D eigenvalue weighted by molar-refractivity contribution is 0.169. The Bertz CT molecular complexity index is 483. The number of amides is 2. The normalized spacial score (nSPS) is 23.1. The Morgan fingerprint density at radius 2 is 1.95 bits per heavy atom. The van der Waals surface area contributed by atoms with E-state index in [1.165, 1.54) is 0 Å². The van der Waals surface area contributed by atoms with Crippen LogP contribution in [0.4, 0.5) is 4.79 Å². The van der Waals surface area contributed by atoms with Crippen LogP contribution in [0.25, 0.3) is 0 Å². The molecule has 0 saturated carbocycles. The quantitative estimate of drug-likeness (QED) is 0.858. The second kappa shape index (κ2) is 5.03. The number of carbonyl (C=O) groups is 1. The summed E-state index contributed by atoms with van der Waals surface area (Å²) >= 11 is 0. The maximum atomic E-state index is 12.0. The number of urea groups is 1. The van der Waals surface area contributed by atoms with Crippen molar-refractivity contribution in [1.29, 1.82) is 5.41 Å². The summed E-state index contributed by atoms with van der Waals surface area (Å²) in [6.45, 7) is 6.79. The molecular weight excluding hydrogens is 238 g/mol. The van der Waals surface area contributed by atoms with Gasteiger partial charge in [-0.15, -0.1) is 0 Å². The molecule has 2 rings (SSSR count). The highest BCUT2D eigenvalue weighted by molar-refractivity contribution is 6.08. The molecule has 1 aliphatic heterocycles. The van der Waals surface area contributed by atoms with Crippen molar-refractivity contribution < 1.29 is 4.79 Å². The zero-order valence-corrected chi connectivity index (χ0v) is 11.7. The van der Waals surface area contributed by atoms with E-state index in [0.717, 1.165) is 5.56 Å². The van der Waals surface area contributed by atoms with Gasteiger partial charge in [0.2, 0.25) is 0 Å². The van der Waals surface area contributed by atoms with Gasteiger partial charge in [-0.05, 0) is 18.4 Å². The predicted molar refractivity (Wildman–Crippen MR) is 76.4 cm³/mol. The zero-order valence-electron chi connectivity index (χ0n) is 11.7. The predicted octanol–water partition coefficient (Wildman–Crippen LogP) is 2.65. The molecule has 1 saturated heterocycles. The summed E-state index contributed by atoms with van der Waals surface area (Å²) in [4.78, 5) is 13.8. The lowest BCUT2D eigenvalue weighted by Crippen LogP contribution is -2.49. The molecular formula is C15H21N3O. The lowest BCUT2D eigenvalue weighted by Gasteiger charge is -2.34. The molecule has 0 spiro atoms. The average molecular weight is 259 g/mol. The van der Waals surface area contributed by atoms with Crippen molar-refractivity contribution in [3.63, 3.8) is 0 Å². The number of benzene rings is 1. The molecule has 0 aromatic heterocycles. The first-order valence-corrected chi connectivity index (χ1v) is 6.65. The van der Waals surface area contributed by atoms with Crippen molar-refractivity contribution in [3.8, 4) is 0 Å². The van der Waals surface area contributed by atoms with Crippen LogP contribution in [-0.2, 0) is 6.42 Å². The summed E-state index contributed by atoms with van der Waals surface area (Å²) in [5, 5.41) is 10.7. The highest BCUT2D eigenvalue weighted by Gasteiger charge is 2.46. The van der Waals surface area contributed by atoms with E-state index in [9.17, 15) is 4.79 Å². The summed E-state index contributed by atoms with van der Waals surface area (Å²) in [7, 11) is 0. The van der Waals surface area contributed by atoms with Crippen molar-refractivity contribution >= 4 is 11.9 Å². The Morgan fingerprint density at radius 3 is 2.53 bits per heavy atom. The lowest BCUT2D eigenvalue weighted by atomic mass is 9.90. The molecule has 1 aromatic rings. The number of rotatable bonds is 4. The number of nitrogens with zero attached hydrogens (tertiary/aromatic N) is 1. The summed E-state index contributed by atoms with van der Waals surface area (Å²) in [5.41, 5.74) is 0.572. The van der Waals surface area contributed by atoms with E-state index >= 15 is 0 Å². The second-order valence-electron chi connectivity index (χ2n) is 5.75. The van der Waals surface area contributed by atoms with Gasteiger partial charge in [0.1, 0.15) is 11.4 Å². The van der Waals surface area contributed by atoms with Gasteiger partial charge in [0.25, 0.3) is 0 Å². The number of nitrogens with one attached hydrogen (secondary N) is 2. The molecule has 1 aromatic carbocycles. The first-order valence-electron chi connectivity index (χ1n) is 6.65. The van der Waals surface area contributed by atoms with E-state index in [-0.39, 0.29) is 6.03 Å². The van der Waals surface area contributed by atoms with Crippen molar-refractivity contribution in [2.24, 2.45) is 5.92 Å². The standard InChI is InChI=1S/C15H21N3O/c1-11(2)10-18-14(19)17-13(16)15(18,3)9-12-7-5-4-6-8-12/h4-8,11H,9-10H2,1-3H3,(H2,16,17,19). The van der Waals surface area contributed by atoms with Gasteiger partial charge in [-0.1, -0.05) is 44.2 Å². The van der Waals surface area contributed by atoms with Gasteiger partial charge in [-0.25, -0.2) is 4.79 Å². The fourth-order valence-corrected chi connectivity index (χ4v) is 2.49. The minimum Gasteiger partial charge on any atom is -0.311 e. The van der Waals surface area contributed by atoms with Crippen molar-refractivity contribution in [3.05, 3.63) is 35.9 Å². The van der Waals surface area contributed by atoms with Crippen LogP contribution in [-0.4, -0.2) is 28.9 Å². The van der Waals surface area contributed by atoms with Crippen LogP contribution in [0.3, 0.4) is 0 Å². The highest BCUT2D eigenvalue weighted by atomic mass is 16.2. The molecule has 1 atom stereocenters. The number of carbonyl (C=O) groups excluding carboxylic acids is 1. The van der Waals surface area contributed by atoms with Crippen molar-refractivity contribution in [2.75, 3.05) is 6.54 Å². The van der Waals surface area contributed by atoms with Gasteiger partial charge in [-0.2, -0.15) is 0 Å². The maximum absolute atomic E-state index is 12.0. The monoisotopic (exact) mass is 259 g/mol. The number of amidine groups is 1. The molecule has 4 nitrogen and oxygen atoms in total. The van der Waals surface area contributed by atoms with Crippen LogP contribution in [0.5, 0.6) is 0 Å². The molecule has 0 bridgehead atoms. The van der Waals surface area contributed by atoms with E-state index in [1.807, 2.05) is 37.3 Å². The molecule has 0 radical (unpaired) electrons. The van der Waals surface area contributed by atoms with Crippen LogP contribution in [0.1, 0.15) is 26.3 Å². The van der Waals surface area contributed by atoms with Gasteiger partial charge in [-0.3, -0.25) is 10.7 Å². The van der Waals surface area contributed by atoms with Gasteiger partial charge in [0.15, 0.2) is 0 Å². The Hall–Kier alpha value is -1.84. The van der Waals surface area contributed by atoms with Gasteiger partial charge in [0.05, 0.1) is 0 Å². The number of hydrogen-bond donors (Lipinski definition) is 2. The molecule has 0 aliphatic carbocycles. The van der Waals surface area contributed by atoms with E-state index in [1.54, 1.807) is 4.90 Å². The molecule has 1 unspecified atom stereocenters. The number of hydrogen-bond acceptors (Lipinski definition) is 2. The third-order valence-electron chi connectivity index (χ3n) is 3.55. The third kappa shape index (κ3) is 2.62. The molecule has 102 valence electrons. The van der Waals surface area contributed by atoms with Gasteiger partial charge < -0.3 is 4.90 Å². The van der Waals surface area contributed by atoms with Crippen molar-refractivity contribution in [1.82, 2.24) is 10.2 Å². The zero-order chi connectivity index (χ0) is 14.0. The van der Waals surface area contributed by atoms with Gasteiger partial charge >= 0.3 is 6.03 Å². The Labute approximate surface area is 114 Å². The smallest absolute Gasteiger partial charge is 0.311 e. The average Bonchev–Trinajstić information content (AvgIpc) is 2.54. The molecule has 4 heteroatoms. The van der Waals surface area contributed by atoms with E-state index in [4.69, 9.17) is 5.41 Å². The first kappa shape index (κ1) is 13.6. The minimum absolute atomic E-state index is 0.155. The van der Waals surface area contributed by atoms with Crippen LogP contribution in [0, 0.1) is 11.3 Å². The van der Waals surface area contributed by atoms with Crippen LogP contribution < -0.4 is 5.32 Å². The summed E-state index contributed by atoms with van der Waals surface area (Å²) in [5.74, 6) is 0.675. The summed E-state index contributed by atoms with van der Waals surface area (Å²) < 4.78 is 0. The molecule has 1 aliphatic rings. The van der Waals surface area contributed by atoms with E-state index < -0.39 is 5.54 Å². The summed E-state index contributed by atoms with van der Waals surface area (Å²) in [6, 6.07) is 9.86. The highest BCUT2D eigenvalue weighted by Crippen LogP contribution is 2.27. The fraction of sp³-hybridized carbons (Fsp3) is 0.467. The largest absolute Gasteiger partial charge is 0.323 e. The van der Waals surface area contributed by atoms with E-state index in [2.05, 4.69) is 19.2 Å². The first-order chi connectivity index (χ1) is 8.93. The second-order valence-corrected chi connectivity index (χ2v) is 5.75. The minimum atomic E-state index is -0.567. The molecule has 19 heavy (non-hydrogen) atoms. The van der Waals surface area contributed by atoms with E-state index in [0.29, 0.717) is 24.7 Å². The Kier molecular flexibility index (Phi) is 3.60. The molecule has 2 amide bonds. The Balaban J connectivity index is 2.27. The SMILES string of the molecule is CC(C)CN1C(=O)NC(=N)C1(C)Cc1ccccc1. The molecule has 1 heterocycles. The molecule has 1 fully saturated rings. The van der Waals surface area contributed by atoms with Crippen molar-refractivity contribution in [2.45, 2.75) is 32.7 Å². The summed E-state index contributed by atoms with van der Waals surface area (Å²) in [6.07, 6.45) is 0.665. The van der Waals surface area contributed by atoms with Crippen LogP contribution in [0.15, 0.2) is 30.3 Å². The maximum Gasteiger partial charge on any atom is 0.323 e.